The highest BCUT2D eigenvalue weighted by Crippen LogP contribution is 2.51. The van der Waals surface area contributed by atoms with Crippen molar-refractivity contribution in [1.29, 1.82) is 0 Å². The maximum atomic E-state index is 6.00. The van der Waals surface area contributed by atoms with Gasteiger partial charge >= 0.3 is 0 Å². The van der Waals surface area contributed by atoms with Crippen LogP contribution >= 0.6 is 0 Å². The third-order valence-corrected chi connectivity index (χ3v) is 4.27. The molecule has 1 atom stereocenters. The molecule has 100 valence electrons. The maximum absolute atomic E-state index is 6.00. The maximum Gasteiger partial charge on any atom is 0.175 e. The van der Waals surface area contributed by atoms with Crippen LogP contribution in [0.3, 0.4) is 0 Å². The molecule has 1 fully saturated rings. The molecule has 3 rings (SSSR count). The van der Waals surface area contributed by atoms with Crippen LogP contribution in [0.2, 0.25) is 0 Å². The summed E-state index contributed by atoms with van der Waals surface area (Å²) >= 11 is 0. The van der Waals surface area contributed by atoms with Crippen LogP contribution in [0.15, 0.2) is 29.0 Å². The Labute approximate surface area is 113 Å². The fourth-order valence-corrected chi connectivity index (χ4v) is 3.17. The summed E-state index contributed by atoms with van der Waals surface area (Å²) in [6.45, 7) is 4.58. The van der Waals surface area contributed by atoms with Gasteiger partial charge in [0.2, 0.25) is 0 Å². The lowest BCUT2D eigenvalue weighted by Gasteiger charge is -2.25. The molecule has 2 heterocycles. The zero-order chi connectivity index (χ0) is 13.5. The monoisotopic (exact) mass is 257 g/mol. The van der Waals surface area contributed by atoms with E-state index in [9.17, 15) is 0 Å². The van der Waals surface area contributed by atoms with Gasteiger partial charge < -0.3 is 10.3 Å². The summed E-state index contributed by atoms with van der Waals surface area (Å²) in [5.41, 5.74) is 8.15. The summed E-state index contributed by atoms with van der Waals surface area (Å²) in [7, 11) is 0. The Balaban J connectivity index is 2.09. The van der Waals surface area contributed by atoms with E-state index in [0.717, 1.165) is 23.3 Å². The number of rotatable bonds is 2. The van der Waals surface area contributed by atoms with Gasteiger partial charge in [-0.15, -0.1) is 0 Å². The molecule has 1 saturated carbocycles. The van der Waals surface area contributed by atoms with Gasteiger partial charge in [0.25, 0.3) is 0 Å². The van der Waals surface area contributed by atoms with Gasteiger partial charge in [-0.3, -0.25) is 4.98 Å². The zero-order valence-corrected chi connectivity index (χ0v) is 11.4. The molecule has 0 spiro atoms. The van der Waals surface area contributed by atoms with Gasteiger partial charge in [-0.2, -0.15) is 0 Å². The molecule has 4 heteroatoms. The molecule has 1 unspecified atom stereocenters. The zero-order valence-electron chi connectivity index (χ0n) is 11.4. The Hall–Kier alpha value is -1.84. The van der Waals surface area contributed by atoms with Crippen molar-refractivity contribution in [3.05, 3.63) is 30.3 Å². The van der Waals surface area contributed by atoms with E-state index in [1.165, 1.54) is 12.8 Å². The topological polar surface area (TPSA) is 64.9 Å². The molecule has 0 aliphatic heterocycles. The van der Waals surface area contributed by atoms with Crippen LogP contribution in [0, 0.1) is 5.41 Å². The van der Waals surface area contributed by atoms with Crippen molar-refractivity contribution in [2.45, 2.75) is 39.0 Å². The predicted octanol–water partition coefficient (Wildman–Crippen LogP) is 3.61. The quantitative estimate of drug-likeness (QED) is 0.892. The number of hydrogen-bond donors (Lipinski definition) is 1. The summed E-state index contributed by atoms with van der Waals surface area (Å²) in [5.74, 6) is 1.77. The second-order valence-corrected chi connectivity index (χ2v) is 5.98. The molecular formula is C15H19N3O. The summed E-state index contributed by atoms with van der Waals surface area (Å²) < 4.78 is 5.57. The van der Waals surface area contributed by atoms with Crippen LogP contribution in [0.25, 0.3) is 11.1 Å². The second kappa shape index (κ2) is 4.37. The van der Waals surface area contributed by atoms with E-state index >= 15 is 0 Å². The number of nitrogen functional groups attached to an aromatic ring is 1. The lowest BCUT2D eigenvalue weighted by atomic mass is 9.79. The van der Waals surface area contributed by atoms with Gasteiger partial charge in [0.1, 0.15) is 5.76 Å². The lowest BCUT2D eigenvalue weighted by molar-refractivity contribution is 0.269. The summed E-state index contributed by atoms with van der Waals surface area (Å²) in [6, 6.07) is 3.91. The molecule has 0 aromatic carbocycles. The molecule has 0 radical (unpaired) electrons. The van der Waals surface area contributed by atoms with E-state index < -0.39 is 0 Å². The average Bonchev–Trinajstić information content (AvgIpc) is 2.92. The van der Waals surface area contributed by atoms with E-state index in [4.69, 9.17) is 10.3 Å². The van der Waals surface area contributed by atoms with Crippen LogP contribution < -0.4 is 5.73 Å². The number of anilines is 1. The van der Waals surface area contributed by atoms with Crippen molar-refractivity contribution in [2.75, 3.05) is 5.73 Å². The van der Waals surface area contributed by atoms with Crippen LogP contribution in [0.5, 0.6) is 0 Å². The van der Waals surface area contributed by atoms with Gasteiger partial charge in [0.05, 0.1) is 5.56 Å². The van der Waals surface area contributed by atoms with Crippen LogP contribution in [0.4, 0.5) is 5.82 Å². The van der Waals surface area contributed by atoms with Crippen molar-refractivity contribution in [3.8, 4) is 11.1 Å². The summed E-state index contributed by atoms with van der Waals surface area (Å²) in [5, 5.41) is 3.98. The molecule has 2 aromatic rings. The van der Waals surface area contributed by atoms with Crippen molar-refractivity contribution in [1.82, 2.24) is 10.1 Å². The number of nitrogens with two attached hydrogens (primary N) is 1. The molecule has 19 heavy (non-hydrogen) atoms. The fourth-order valence-electron chi connectivity index (χ4n) is 3.17. The normalized spacial score (nSPS) is 21.7. The van der Waals surface area contributed by atoms with Crippen molar-refractivity contribution < 1.29 is 4.52 Å². The third-order valence-electron chi connectivity index (χ3n) is 4.27. The number of nitrogens with zero attached hydrogens (tertiary/aromatic N) is 2. The average molecular weight is 257 g/mol. The Kier molecular flexibility index (Phi) is 2.81. The van der Waals surface area contributed by atoms with Gasteiger partial charge in [-0.05, 0) is 24.3 Å². The van der Waals surface area contributed by atoms with Gasteiger partial charge in [-0.25, -0.2) is 0 Å². The molecule has 1 aliphatic carbocycles. The Morgan fingerprint density at radius 2 is 2.26 bits per heavy atom. The minimum Gasteiger partial charge on any atom is -0.380 e. The molecule has 0 amide bonds. The van der Waals surface area contributed by atoms with E-state index in [-0.39, 0.29) is 5.41 Å². The molecule has 0 saturated heterocycles. The first kappa shape index (κ1) is 12.2. The van der Waals surface area contributed by atoms with Crippen molar-refractivity contribution >= 4 is 5.82 Å². The van der Waals surface area contributed by atoms with Crippen LogP contribution in [-0.4, -0.2) is 10.1 Å². The Bertz CT molecular complexity index is 574. The van der Waals surface area contributed by atoms with Gasteiger partial charge in [-0.1, -0.05) is 31.5 Å². The number of aromatic nitrogens is 2. The summed E-state index contributed by atoms with van der Waals surface area (Å²) in [6.07, 6.45) is 7.14. The minimum atomic E-state index is 0.239. The highest BCUT2D eigenvalue weighted by Gasteiger charge is 2.40. The Morgan fingerprint density at radius 3 is 2.89 bits per heavy atom. The second-order valence-electron chi connectivity index (χ2n) is 5.98. The molecular weight excluding hydrogens is 238 g/mol. The van der Waals surface area contributed by atoms with Crippen molar-refractivity contribution in [2.24, 2.45) is 5.41 Å². The van der Waals surface area contributed by atoms with E-state index in [1.54, 1.807) is 6.20 Å². The molecule has 2 N–H and O–H groups in total. The third kappa shape index (κ3) is 2.01. The van der Waals surface area contributed by atoms with Crippen molar-refractivity contribution in [3.63, 3.8) is 0 Å². The Morgan fingerprint density at radius 1 is 1.42 bits per heavy atom. The highest BCUT2D eigenvalue weighted by atomic mass is 16.5. The molecule has 2 aromatic heterocycles. The van der Waals surface area contributed by atoms with Gasteiger partial charge in [0.15, 0.2) is 5.82 Å². The van der Waals surface area contributed by atoms with E-state index in [0.29, 0.717) is 11.7 Å². The first-order valence-electron chi connectivity index (χ1n) is 6.75. The molecule has 0 bridgehead atoms. The standard InChI is InChI=1S/C15H19N3O/c1-15(2)7-3-6-11(15)13-12(14(16)18-19-13)10-5-4-8-17-9-10/h4-5,8-9,11H,3,6-7H2,1-2H3,(H2,16,18). The number of hydrogen-bond acceptors (Lipinski definition) is 4. The van der Waals surface area contributed by atoms with Gasteiger partial charge in [0, 0.05) is 23.9 Å². The van der Waals surface area contributed by atoms with Crippen LogP contribution in [-0.2, 0) is 0 Å². The molecule has 1 aliphatic rings. The SMILES string of the molecule is CC1(C)CCCC1c1onc(N)c1-c1cccnc1. The first-order chi connectivity index (χ1) is 9.09. The van der Waals surface area contributed by atoms with E-state index in [1.807, 2.05) is 18.3 Å². The fraction of sp³-hybridized carbons (Fsp3) is 0.467. The largest absolute Gasteiger partial charge is 0.380 e. The smallest absolute Gasteiger partial charge is 0.175 e. The summed E-state index contributed by atoms with van der Waals surface area (Å²) in [4.78, 5) is 4.16. The number of pyridine rings is 1. The van der Waals surface area contributed by atoms with Crippen LogP contribution in [0.1, 0.15) is 44.8 Å². The molecule has 4 nitrogen and oxygen atoms in total. The first-order valence-corrected chi connectivity index (χ1v) is 6.75. The van der Waals surface area contributed by atoms with E-state index in [2.05, 4.69) is 24.0 Å². The minimum absolute atomic E-state index is 0.239. The lowest BCUT2D eigenvalue weighted by Crippen LogP contribution is -2.15. The predicted molar refractivity (Wildman–Crippen MR) is 74.5 cm³/mol. The highest BCUT2D eigenvalue weighted by molar-refractivity contribution is 5.75.